The van der Waals surface area contributed by atoms with Gasteiger partial charge in [0.15, 0.2) is 0 Å². The van der Waals surface area contributed by atoms with Crippen LogP contribution in [0, 0.1) is 0 Å². The van der Waals surface area contributed by atoms with E-state index in [-0.39, 0.29) is 18.2 Å². The standard InChI is InChI=1S/C75H148N4O6S2/c1-5-9-13-17-21-25-27-29-31-33-35-39-43-47-53-73(82)69-79(70-74(83)54-48-44-40-36-34-32-30-28-26-22-18-14-10-6-2)57-50-65-86-87-66-63-77-60-58-76(59-61-77)62-64-85-75(84)55-49-56-78(67-71(80)51-45-41-37-23-19-15-11-7-3)68-72(81)52-46-42-38-24-20-16-12-8-4/h29-32,71-74,80-83H,5-28,33-70H2,1-4H3/b31-29-,32-30-/t71?,72?,73-,74-/m0/s1. The predicted molar refractivity (Wildman–Crippen MR) is 384 cm³/mol. The highest BCUT2D eigenvalue weighted by Crippen LogP contribution is 2.23. The molecule has 87 heavy (non-hydrogen) atoms. The van der Waals surface area contributed by atoms with E-state index in [9.17, 15) is 25.2 Å². The van der Waals surface area contributed by atoms with E-state index in [1.807, 2.05) is 21.6 Å². The van der Waals surface area contributed by atoms with Crippen molar-refractivity contribution in [3.63, 3.8) is 0 Å². The number of carbonyl (C=O) groups excluding carboxylic acids is 1. The lowest BCUT2D eigenvalue weighted by Crippen LogP contribution is -2.47. The first-order valence-corrected chi connectivity index (χ1v) is 40.5. The van der Waals surface area contributed by atoms with Gasteiger partial charge in [-0.1, -0.05) is 279 Å². The predicted octanol–water partition coefficient (Wildman–Crippen LogP) is 19.1. The van der Waals surface area contributed by atoms with Gasteiger partial charge in [-0.2, -0.15) is 0 Å². The van der Waals surface area contributed by atoms with Gasteiger partial charge < -0.3 is 25.2 Å². The van der Waals surface area contributed by atoms with E-state index in [1.54, 1.807) is 0 Å². The lowest BCUT2D eigenvalue weighted by molar-refractivity contribution is -0.144. The highest BCUT2D eigenvalue weighted by molar-refractivity contribution is 8.76. The monoisotopic (exact) mass is 1270 g/mol. The Morgan fingerprint density at radius 2 is 0.667 bits per heavy atom. The van der Waals surface area contributed by atoms with Crippen LogP contribution in [0.2, 0.25) is 0 Å². The number of aliphatic hydroxyl groups is 4. The van der Waals surface area contributed by atoms with Crippen LogP contribution in [0.15, 0.2) is 24.3 Å². The molecule has 4 N–H and O–H groups in total. The topological polar surface area (TPSA) is 120 Å². The number of piperazine rings is 1. The average Bonchev–Trinajstić information content (AvgIpc) is 3.61. The van der Waals surface area contributed by atoms with Crippen LogP contribution in [0.3, 0.4) is 0 Å². The summed E-state index contributed by atoms with van der Waals surface area (Å²) in [6.07, 6.45) is 64.1. The fourth-order valence-electron chi connectivity index (χ4n) is 12.3. The Balaban J connectivity index is 2.42. The molecule has 0 saturated carbocycles. The molecule has 1 aliphatic rings. The van der Waals surface area contributed by atoms with Crippen molar-refractivity contribution in [1.29, 1.82) is 0 Å². The Bertz CT molecular complexity index is 1380. The molecule has 1 saturated heterocycles. The molecule has 4 atom stereocenters. The van der Waals surface area contributed by atoms with Gasteiger partial charge in [-0.3, -0.25) is 24.4 Å². The lowest BCUT2D eigenvalue weighted by Gasteiger charge is -2.34. The average molecular weight is 1270 g/mol. The number of carbonyl (C=O) groups is 1. The molecule has 516 valence electrons. The Hall–Kier alpha value is -0.670. The Morgan fingerprint density at radius 3 is 1.01 bits per heavy atom. The maximum atomic E-state index is 12.9. The zero-order valence-corrected chi connectivity index (χ0v) is 59.8. The molecule has 0 bridgehead atoms. The highest BCUT2D eigenvalue weighted by Gasteiger charge is 2.20. The maximum absolute atomic E-state index is 12.9. The minimum Gasteiger partial charge on any atom is -0.464 e. The molecule has 10 nitrogen and oxygen atoms in total. The van der Waals surface area contributed by atoms with Crippen molar-refractivity contribution in [2.45, 2.75) is 354 Å². The number of hydrogen-bond donors (Lipinski definition) is 4. The van der Waals surface area contributed by atoms with Crippen LogP contribution in [0.4, 0.5) is 0 Å². The number of rotatable bonds is 69. The molecule has 0 aliphatic carbocycles. The fraction of sp³-hybridized carbons (Fsp3) is 0.933. The summed E-state index contributed by atoms with van der Waals surface area (Å²) >= 11 is 0. The number of hydrogen-bond acceptors (Lipinski definition) is 12. The molecule has 1 rings (SSSR count). The quantitative estimate of drug-likeness (QED) is 0.0201. The zero-order chi connectivity index (χ0) is 63.0. The van der Waals surface area contributed by atoms with E-state index in [1.165, 1.54) is 231 Å². The summed E-state index contributed by atoms with van der Waals surface area (Å²) in [7, 11) is 3.94. The van der Waals surface area contributed by atoms with E-state index in [2.05, 4.69) is 71.6 Å². The summed E-state index contributed by atoms with van der Waals surface area (Å²) in [4.78, 5) is 22.4. The molecule has 1 fully saturated rings. The lowest BCUT2D eigenvalue weighted by atomic mass is 10.0. The first-order valence-electron chi connectivity index (χ1n) is 38.0. The molecule has 0 radical (unpaired) electrons. The van der Waals surface area contributed by atoms with Gasteiger partial charge >= 0.3 is 5.97 Å². The molecular weight excluding hydrogens is 1120 g/mol. The van der Waals surface area contributed by atoms with Crippen LogP contribution < -0.4 is 0 Å². The fourth-order valence-corrected chi connectivity index (χ4v) is 14.4. The third-order valence-corrected chi connectivity index (χ3v) is 20.5. The Morgan fingerprint density at radius 1 is 0.379 bits per heavy atom. The second kappa shape index (κ2) is 66.8. The van der Waals surface area contributed by atoms with Crippen molar-refractivity contribution in [1.82, 2.24) is 19.6 Å². The summed E-state index contributed by atoms with van der Waals surface area (Å²) in [6.45, 7) is 19.5. The summed E-state index contributed by atoms with van der Waals surface area (Å²) in [5.41, 5.74) is 0. The Labute approximate surface area is 548 Å². The molecule has 0 amide bonds. The van der Waals surface area contributed by atoms with E-state index in [0.717, 1.165) is 115 Å². The second-order valence-corrected chi connectivity index (χ2v) is 29.4. The van der Waals surface area contributed by atoms with Crippen molar-refractivity contribution in [3.8, 4) is 0 Å². The van der Waals surface area contributed by atoms with Crippen LogP contribution in [-0.2, 0) is 9.53 Å². The molecule has 2 unspecified atom stereocenters. The van der Waals surface area contributed by atoms with E-state index in [4.69, 9.17) is 4.74 Å². The third-order valence-electron chi connectivity index (χ3n) is 18.0. The van der Waals surface area contributed by atoms with Gasteiger partial charge in [0.05, 0.1) is 24.4 Å². The van der Waals surface area contributed by atoms with Crippen molar-refractivity contribution in [2.24, 2.45) is 0 Å². The van der Waals surface area contributed by atoms with E-state index < -0.39 is 12.2 Å². The molecule has 1 heterocycles. The van der Waals surface area contributed by atoms with E-state index in [0.29, 0.717) is 52.2 Å². The molecular formula is C75H148N4O6S2. The van der Waals surface area contributed by atoms with Gasteiger partial charge in [0, 0.05) is 83.4 Å². The first-order chi connectivity index (χ1) is 42.7. The highest BCUT2D eigenvalue weighted by atomic mass is 33.1. The normalized spacial score (nSPS) is 15.1. The first kappa shape index (κ1) is 84.3. The molecule has 0 spiro atoms. The second-order valence-electron chi connectivity index (χ2n) is 26.7. The third kappa shape index (κ3) is 60.1. The van der Waals surface area contributed by atoms with Crippen molar-refractivity contribution < 1.29 is 30.0 Å². The molecule has 0 aromatic carbocycles. The summed E-state index contributed by atoms with van der Waals surface area (Å²) in [5.74, 6) is 2.03. The van der Waals surface area contributed by atoms with Crippen LogP contribution in [0.25, 0.3) is 0 Å². The number of esters is 1. The van der Waals surface area contributed by atoms with Crippen LogP contribution in [0.5, 0.6) is 0 Å². The Kier molecular flexibility index (Phi) is 64.7. The number of ether oxygens (including phenoxy) is 1. The summed E-state index contributed by atoms with van der Waals surface area (Å²) in [6, 6.07) is 0. The number of allylic oxidation sites excluding steroid dienone is 4. The van der Waals surface area contributed by atoms with Gasteiger partial charge in [-0.25, -0.2) is 0 Å². The zero-order valence-electron chi connectivity index (χ0n) is 58.2. The SMILES string of the molecule is CCCCCCCC/C=C\CCCCCC[C@H](O)CN(CCCSSCCN1CCN(CCOC(=O)CCCN(CC(O)CCCCCCCCCC)CC(O)CCCCCCCCCC)CC1)C[C@@H](O)CCCCCC/C=C\CCCCCCCC. The van der Waals surface area contributed by atoms with E-state index >= 15 is 0 Å². The van der Waals surface area contributed by atoms with Crippen molar-refractivity contribution in [3.05, 3.63) is 24.3 Å². The largest absolute Gasteiger partial charge is 0.464 e. The summed E-state index contributed by atoms with van der Waals surface area (Å²) < 4.78 is 5.74. The van der Waals surface area contributed by atoms with Gasteiger partial charge in [0.25, 0.3) is 0 Å². The molecule has 1 aliphatic heterocycles. The minimum atomic E-state index is -0.407. The van der Waals surface area contributed by atoms with Gasteiger partial charge in [-0.15, -0.1) is 0 Å². The number of nitrogens with zero attached hydrogens (tertiary/aromatic N) is 4. The minimum absolute atomic E-state index is 0.146. The van der Waals surface area contributed by atoms with Crippen molar-refractivity contribution in [2.75, 3.05) is 96.6 Å². The maximum Gasteiger partial charge on any atom is 0.305 e. The van der Waals surface area contributed by atoms with Crippen LogP contribution in [-0.4, -0.2) is 167 Å². The number of unbranched alkanes of at least 4 members (excludes halogenated alkanes) is 34. The summed E-state index contributed by atoms with van der Waals surface area (Å²) in [5, 5.41) is 44.4. The van der Waals surface area contributed by atoms with Gasteiger partial charge in [0.1, 0.15) is 6.61 Å². The molecule has 12 heteroatoms. The number of aliphatic hydroxyl groups excluding tert-OH is 4. The molecule has 0 aromatic heterocycles. The van der Waals surface area contributed by atoms with Crippen LogP contribution >= 0.6 is 21.6 Å². The smallest absolute Gasteiger partial charge is 0.305 e. The molecule has 0 aromatic rings. The van der Waals surface area contributed by atoms with Gasteiger partial charge in [-0.05, 0) is 103 Å². The van der Waals surface area contributed by atoms with Crippen LogP contribution in [0.1, 0.15) is 329 Å². The van der Waals surface area contributed by atoms with Gasteiger partial charge in [0.2, 0.25) is 0 Å². The van der Waals surface area contributed by atoms with Crippen molar-refractivity contribution >= 4 is 27.6 Å².